The number of hydrogen-bond donors (Lipinski definition) is 1. The van der Waals surface area contributed by atoms with E-state index in [1.807, 2.05) is 25.1 Å². The molecule has 0 radical (unpaired) electrons. The lowest BCUT2D eigenvalue weighted by Crippen LogP contribution is -2.28. The molecule has 0 aliphatic carbocycles. The summed E-state index contributed by atoms with van der Waals surface area (Å²) in [7, 11) is 1.27. The normalized spacial score (nSPS) is 10.4. The van der Waals surface area contributed by atoms with Crippen LogP contribution in [0, 0.1) is 6.92 Å². The summed E-state index contributed by atoms with van der Waals surface area (Å²) >= 11 is 3.41. The number of carbonyl (C=O) groups excluding carboxylic acids is 2. The van der Waals surface area contributed by atoms with Crippen molar-refractivity contribution in [3.63, 3.8) is 0 Å². The van der Waals surface area contributed by atoms with Crippen molar-refractivity contribution in [1.82, 2.24) is 5.32 Å². The molecule has 1 rings (SSSR count). The highest BCUT2D eigenvalue weighted by atomic mass is 79.9. The topological polar surface area (TPSA) is 55.4 Å². The average molecular weight is 312 g/mol. The minimum Gasteiger partial charge on any atom is -0.468 e. The third-order valence-corrected chi connectivity index (χ3v) is 2.89. The van der Waals surface area contributed by atoms with Gasteiger partial charge in [0.15, 0.2) is 0 Å². The van der Waals surface area contributed by atoms with Crippen LogP contribution in [0.5, 0.6) is 0 Å². The molecule has 1 N–H and O–H groups in total. The van der Waals surface area contributed by atoms with Crippen LogP contribution in [0.4, 0.5) is 0 Å². The number of methoxy groups -OCH3 is 1. The number of carbonyl (C=O) groups is 2. The predicted octanol–water partition coefficient (Wildman–Crippen LogP) is 2.06. The minimum atomic E-state index is -0.478. The van der Waals surface area contributed by atoms with Gasteiger partial charge in [-0.2, -0.15) is 0 Å². The van der Waals surface area contributed by atoms with Crippen molar-refractivity contribution in [3.8, 4) is 0 Å². The molecule has 0 fully saturated rings. The summed E-state index contributed by atoms with van der Waals surface area (Å²) in [5.74, 6) is -0.818. The van der Waals surface area contributed by atoms with Crippen LogP contribution in [0.2, 0.25) is 0 Å². The molecule has 0 aliphatic heterocycles. The molecule has 96 valence electrons. The fourth-order valence-corrected chi connectivity index (χ4v) is 1.85. The van der Waals surface area contributed by atoms with Crippen LogP contribution in [0.1, 0.15) is 11.1 Å². The molecular weight excluding hydrogens is 298 g/mol. The van der Waals surface area contributed by atoms with Crippen LogP contribution in [0.3, 0.4) is 0 Å². The molecule has 5 heteroatoms. The van der Waals surface area contributed by atoms with E-state index in [0.29, 0.717) is 0 Å². The quantitative estimate of drug-likeness (QED) is 0.684. The van der Waals surface area contributed by atoms with E-state index in [1.165, 1.54) is 13.2 Å². The van der Waals surface area contributed by atoms with Crippen molar-refractivity contribution >= 4 is 33.9 Å². The van der Waals surface area contributed by atoms with Gasteiger partial charge in [-0.3, -0.25) is 9.59 Å². The Labute approximate surface area is 114 Å². The van der Waals surface area contributed by atoms with Gasteiger partial charge in [0.2, 0.25) is 5.91 Å². The van der Waals surface area contributed by atoms with E-state index in [1.54, 1.807) is 6.08 Å². The number of ether oxygens (including phenoxy) is 1. The first-order valence-electron chi connectivity index (χ1n) is 5.32. The number of benzene rings is 1. The van der Waals surface area contributed by atoms with Crippen molar-refractivity contribution in [3.05, 3.63) is 39.9 Å². The van der Waals surface area contributed by atoms with Crippen LogP contribution in [0.15, 0.2) is 28.7 Å². The molecule has 0 heterocycles. The fraction of sp³-hybridized carbons (Fsp3) is 0.231. The van der Waals surface area contributed by atoms with E-state index in [2.05, 4.69) is 26.0 Å². The fourth-order valence-electron chi connectivity index (χ4n) is 1.22. The van der Waals surface area contributed by atoms with Gasteiger partial charge >= 0.3 is 5.97 Å². The van der Waals surface area contributed by atoms with Gasteiger partial charge in [-0.15, -0.1) is 0 Å². The van der Waals surface area contributed by atoms with Crippen LogP contribution in [-0.4, -0.2) is 25.5 Å². The van der Waals surface area contributed by atoms with Crippen LogP contribution in [-0.2, 0) is 14.3 Å². The summed E-state index contributed by atoms with van der Waals surface area (Å²) in [5, 5.41) is 2.42. The zero-order chi connectivity index (χ0) is 13.5. The van der Waals surface area contributed by atoms with Crippen molar-refractivity contribution < 1.29 is 14.3 Å². The van der Waals surface area contributed by atoms with E-state index in [4.69, 9.17) is 0 Å². The van der Waals surface area contributed by atoms with Gasteiger partial charge in [-0.05, 0) is 30.2 Å². The lowest BCUT2D eigenvalue weighted by molar-refractivity contribution is -0.140. The van der Waals surface area contributed by atoms with Gasteiger partial charge in [0, 0.05) is 10.5 Å². The first-order valence-corrected chi connectivity index (χ1v) is 6.11. The molecule has 1 aromatic carbocycles. The first kappa shape index (κ1) is 14.4. The zero-order valence-corrected chi connectivity index (χ0v) is 11.8. The number of halogens is 1. The number of amides is 1. The van der Waals surface area contributed by atoms with E-state index in [0.717, 1.165) is 15.6 Å². The molecule has 0 aliphatic rings. The highest BCUT2D eigenvalue weighted by Crippen LogP contribution is 2.19. The smallest absolute Gasteiger partial charge is 0.325 e. The second kappa shape index (κ2) is 6.96. The standard InChI is InChI=1S/C13H14BrNO3/c1-9-3-4-10(11(14)7-9)5-6-12(16)15-8-13(17)18-2/h3-7H,8H2,1-2H3,(H,15,16)/b6-5+. The summed E-state index contributed by atoms with van der Waals surface area (Å²) in [6.07, 6.45) is 3.05. The Morgan fingerprint density at radius 2 is 2.17 bits per heavy atom. The van der Waals surface area contributed by atoms with E-state index in [-0.39, 0.29) is 12.5 Å². The molecule has 0 atom stereocenters. The Hall–Kier alpha value is -1.62. The third-order valence-electron chi connectivity index (χ3n) is 2.20. The van der Waals surface area contributed by atoms with Crippen LogP contribution >= 0.6 is 15.9 Å². The summed E-state index contributed by atoms with van der Waals surface area (Å²) < 4.78 is 5.33. The highest BCUT2D eigenvalue weighted by molar-refractivity contribution is 9.10. The minimum absolute atomic E-state index is 0.130. The number of nitrogens with one attached hydrogen (secondary N) is 1. The Balaban J connectivity index is 2.58. The van der Waals surface area contributed by atoms with Gasteiger partial charge in [-0.25, -0.2) is 0 Å². The Kier molecular flexibility index (Phi) is 5.58. The number of rotatable bonds is 4. The number of esters is 1. The van der Waals surface area contributed by atoms with Gasteiger partial charge < -0.3 is 10.1 Å². The average Bonchev–Trinajstić information content (AvgIpc) is 2.34. The highest BCUT2D eigenvalue weighted by Gasteiger charge is 2.02. The monoisotopic (exact) mass is 311 g/mol. The molecule has 1 aromatic rings. The van der Waals surface area contributed by atoms with Crippen LogP contribution < -0.4 is 5.32 Å². The number of aryl methyl sites for hydroxylation is 1. The van der Waals surface area contributed by atoms with E-state index in [9.17, 15) is 9.59 Å². The second-order valence-corrected chi connectivity index (χ2v) is 4.51. The maximum Gasteiger partial charge on any atom is 0.325 e. The van der Waals surface area contributed by atoms with Gasteiger partial charge in [0.05, 0.1) is 7.11 Å². The van der Waals surface area contributed by atoms with E-state index < -0.39 is 5.97 Å². The van der Waals surface area contributed by atoms with Crippen LogP contribution in [0.25, 0.3) is 6.08 Å². The van der Waals surface area contributed by atoms with Gasteiger partial charge in [-0.1, -0.05) is 28.1 Å². The molecule has 0 saturated heterocycles. The number of hydrogen-bond acceptors (Lipinski definition) is 3. The van der Waals surface area contributed by atoms with Gasteiger partial charge in [0.1, 0.15) is 6.54 Å². The van der Waals surface area contributed by atoms with Crippen molar-refractivity contribution in [1.29, 1.82) is 0 Å². The zero-order valence-electron chi connectivity index (χ0n) is 10.2. The largest absolute Gasteiger partial charge is 0.468 e. The summed E-state index contributed by atoms with van der Waals surface area (Å²) in [4.78, 5) is 22.2. The van der Waals surface area contributed by atoms with Crippen molar-refractivity contribution in [2.75, 3.05) is 13.7 Å². The molecule has 1 amide bonds. The summed E-state index contributed by atoms with van der Waals surface area (Å²) in [5.41, 5.74) is 2.03. The van der Waals surface area contributed by atoms with E-state index >= 15 is 0 Å². The Morgan fingerprint density at radius 3 is 2.78 bits per heavy atom. The maximum atomic E-state index is 11.4. The molecule has 18 heavy (non-hydrogen) atoms. The summed E-state index contributed by atoms with van der Waals surface area (Å²) in [6.45, 7) is 1.86. The van der Waals surface area contributed by atoms with Crippen molar-refractivity contribution in [2.45, 2.75) is 6.92 Å². The molecule has 0 saturated carbocycles. The Morgan fingerprint density at radius 1 is 1.44 bits per heavy atom. The predicted molar refractivity (Wildman–Crippen MR) is 72.9 cm³/mol. The second-order valence-electron chi connectivity index (χ2n) is 3.65. The first-order chi connectivity index (χ1) is 8.52. The molecule has 0 unspecified atom stereocenters. The third kappa shape index (κ3) is 4.71. The lowest BCUT2D eigenvalue weighted by atomic mass is 10.1. The molecule has 4 nitrogen and oxygen atoms in total. The molecule has 0 aromatic heterocycles. The van der Waals surface area contributed by atoms with Crippen molar-refractivity contribution in [2.24, 2.45) is 0 Å². The summed E-state index contributed by atoms with van der Waals surface area (Å²) in [6, 6.07) is 5.83. The lowest BCUT2D eigenvalue weighted by Gasteiger charge is -2.01. The Bertz CT molecular complexity index is 483. The SMILES string of the molecule is COC(=O)CNC(=O)/C=C/c1ccc(C)cc1Br. The van der Waals surface area contributed by atoms with Gasteiger partial charge in [0.25, 0.3) is 0 Å². The molecule has 0 bridgehead atoms. The molecule has 0 spiro atoms. The maximum absolute atomic E-state index is 11.4. The molecular formula is C13H14BrNO3.